The number of nitrogens with one attached hydrogen (secondary N) is 2. The first-order chi connectivity index (χ1) is 15.5. The van der Waals surface area contributed by atoms with Gasteiger partial charge in [0.05, 0.1) is 4.92 Å². The van der Waals surface area contributed by atoms with E-state index in [1.54, 1.807) is 47.4 Å². The third kappa shape index (κ3) is 4.59. The van der Waals surface area contributed by atoms with Crippen LogP contribution < -0.4 is 15.5 Å². The van der Waals surface area contributed by atoms with Crippen molar-refractivity contribution in [3.05, 3.63) is 94.0 Å². The summed E-state index contributed by atoms with van der Waals surface area (Å²) in [5.74, 6) is -0.301. The zero-order valence-electron chi connectivity index (χ0n) is 17.3. The van der Waals surface area contributed by atoms with Gasteiger partial charge in [0.15, 0.2) is 0 Å². The van der Waals surface area contributed by atoms with Crippen LogP contribution in [0.1, 0.15) is 22.3 Å². The van der Waals surface area contributed by atoms with E-state index in [0.29, 0.717) is 23.5 Å². The number of amides is 2. The first-order valence-electron chi connectivity index (χ1n) is 10.3. The molecule has 0 aromatic heterocycles. The number of carbonyl (C=O) groups excluding carboxylic acids is 2. The van der Waals surface area contributed by atoms with Gasteiger partial charge in [-0.1, -0.05) is 30.3 Å². The van der Waals surface area contributed by atoms with Gasteiger partial charge < -0.3 is 15.5 Å². The Balaban J connectivity index is 1.31. The van der Waals surface area contributed by atoms with E-state index in [9.17, 15) is 19.7 Å². The lowest BCUT2D eigenvalue weighted by Gasteiger charge is -2.17. The zero-order valence-corrected chi connectivity index (χ0v) is 17.3. The lowest BCUT2D eigenvalue weighted by molar-refractivity contribution is -0.384. The molecule has 0 atom stereocenters. The molecule has 0 radical (unpaired) electrons. The molecule has 0 fully saturated rings. The Bertz CT molecular complexity index is 1160. The normalized spacial score (nSPS) is 12.2. The van der Waals surface area contributed by atoms with Gasteiger partial charge in [0.25, 0.3) is 11.6 Å². The molecule has 2 amide bonds. The Morgan fingerprint density at radius 2 is 1.69 bits per heavy atom. The number of hydrogen-bond donors (Lipinski definition) is 2. The van der Waals surface area contributed by atoms with Crippen molar-refractivity contribution in [3.8, 4) is 0 Å². The number of nitrogens with zero attached hydrogens (tertiary/aromatic N) is 2. The molecular weight excluding hydrogens is 408 g/mol. The number of hydrogen-bond acceptors (Lipinski definition) is 5. The lowest BCUT2D eigenvalue weighted by Crippen LogP contribution is -2.28. The fraction of sp³-hybridized carbons (Fsp3) is 0.167. The maximum atomic E-state index is 12.9. The fourth-order valence-electron chi connectivity index (χ4n) is 3.72. The maximum absolute atomic E-state index is 12.9. The maximum Gasteiger partial charge on any atom is 0.292 e. The Morgan fingerprint density at radius 1 is 0.969 bits per heavy atom. The van der Waals surface area contributed by atoms with Gasteiger partial charge in [-0.15, -0.1) is 0 Å². The van der Waals surface area contributed by atoms with E-state index in [2.05, 4.69) is 10.6 Å². The molecule has 0 saturated heterocycles. The van der Waals surface area contributed by atoms with Gasteiger partial charge in [0.1, 0.15) is 5.69 Å². The summed E-state index contributed by atoms with van der Waals surface area (Å²) in [6.07, 6.45) is 0.980. The van der Waals surface area contributed by atoms with Crippen molar-refractivity contribution in [2.45, 2.75) is 12.8 Å². The van der Waals surface area contributed by atoms with Crippen LogP contribution in [-0.2, 0) is 11.2 Å². The number of nitro benzene ring substituents is 1. The molecule has 8 nitrogen and oxygen atoms in total. The lowest BCUT2D eigenvalue weighted by atomic mass is 10.1. The van der Waals surface area contributed by atoms with E-state index >= 15 is 0 Å². The molecule has 1 heterocycles. The fourth-order valence-corrected chi connectivity index (χ4v) is 3.72. The van der Waals surface area contributed by atoms with E-state index < -0.39 is 4.92 Å². The van der Waals surface area contributed by atoms with Gasteiger partial charge in [-0.3, -0.25) is 19.7 Å². The van der Waals surface area contributed by atoms with Gasteiger partial charge >= 0.3 is 0 Å². The minimum atomic E-state index is -0.466. The molecule has 0 unspecified atom stereocenters. The Labute approximate surface area is 185 Å². The van der Waals surface area contributed by atoms with E-state index in [-0.39, 0.29) is 30.5 Å². The Hall–Kier alpha value is -4.20. The number of para-hydroxylation sites is 3. The van der Waals surface area contributed by atoms with Crippen LogP contribution in [0.4, 0.5) is 22.7 Å². The van der Waals surface area contributed by atoms with E-state index in [1.807, 2.05) is 24.3 Å². The average molecular weight is 430 g/mol. The SMILES string of the molecule is O=C(CCNc1ccccc1[N+](=O)[O-])Nc1ccc(C(=O)N2CCc3ccccc32)cc1. The predicted octanol–water partition coefficient (Wildman–Crippen LogP) is 4.24. The van der Waals surface area contributed by atoms with Gasteiger partial charge in [-0.25, -0.2) is 0 Å². The number of rotatable bonds is 7. The van der Waals surface area contributed by atoms with E-state index in [4.69, 9.17) is 0 Å². The monoisotopic (exact) mass is 430 g/mol. The smallest absolute Gasteiger partial charge is 0.292 e. The van der Waals surface area contributed by atoms with Crippen LogP contribution in [0.15, 0.2) is 72.8 Å². The largest absolute Gasteiger partial charge is 0.379 e. The third-order valence-corrected chi connectivity index (χ3v) is 5.32. The zero-order chi connectivity index (χ0) is 22.5. The molecule has 8 heteroatoms. The second kappa shape index (κ2) is 9.30. The topological polar surface area (TPSA) is 105 Å². The van der Waals surface area contributed by atoms with Crippen LogP contribution in [0, 0.1) is 10.1 Å². The summed E-state index contributed by atoms with van der Waals surface area (Å²) in [4.78, 5) is 37.5. The van der Waals surface area contributed by atoms with Crippen molar-refractivity contribution in [3.63, 3.8) is 0 Å². The minimum Gasteiger partial charge on any atom is -0.379 e. The summed E-state index contributed by atoms with van der Waals surface area (Å²) in [7, 11) is 0. The first kappa shape index (κ1) is 21.0. The molecule has 0 spiro atoms. The highest BCUT2D eigenvalue weighted by molar-refractivity contribution is 6.07. The molecule has 2 N–H and O–H groups in total. The summed E-state index contributed by atoms with van der Waals surface area (Å²) in [6.45, 7) is 0.908. The third-order valence-electron chi connectivity index (χ3n) is 5.32. The number of anilines is 3. The van der Waals surface area contributed by atoms with Crippen molar-refractivity contribution in [1.82, 2.24) is 0 Å². The number of benzene rings is 3. The van der Waals surface area contributed by atoms with Gasteiger partial charge in [0, 0.05) is 42.5 Å². The highest BCUT2D eigenvalue weighted by Crippen LogP contribution is 2.29. The molecule has 3 aromatic carbocycles. The number of fused-ring (bicyclic) bond motifs is 1. The van der Waals surface area contributed by atoms with Crippen molar-refractivity contribution in [1.29, 1.82) is 0 Å². The molecule has 1 aliphatic rings. The molecular formula is C24H22N4O4. The summed E-state index contributed by atoms with van der Waals surface area (Å²) in [5, 5.41) is 16.7. The van der Waals surface area contributed by atoms with Gasteiger partial charge in [0.2, 0.25) is 5.91 Å². The molecule has 0 aliphatic carbocycles. The van der Waals surface area contributed by atoms with Gasteiger partial charge in [-0.05, 0) is 48.4 Å². The summed E-state index contributed by atoms with van der Waals surface area (Å²) < 4.78 is 0. The van der Waals surface area contributed by atoms with Crippen LogP contribution in [0.25, 0.3) is 0 Å². The standard InChI is InChI=1S/C24H22N4O4/c29-23(13-15-25-20-6-2-4-8-22(20)28(31)32)26-19-11-9-18(10-12-19)24(30)27-16-14-17-5-1-3-7-21(17)27/h1-12,25H,13-16H2,(H,26,29). The van der Waals surface area contributed by atoms with Crippen LogP contribution in [0.3, 0.4) is 0 Å². The summed E-state index contributed by atoms with van der Waals surface area (Å²) >= 11 is 0. The molecule has 162 valence electrons. The summed E-state index contributed by atoms with van der Waals surface area (Å²) in [6, 6.07) is 21.0. The van der Waals surface area contributed by atoms with Crippen molar-refractivity contribution in [2.24, 2.45) is 0 Å². The quantitative estimate of drug-likeness (QED) is 0.431. The minimum absolute atomic E-state index is 0.0335. The molecule has 0 bridgehead atoms. The Morgan fingerprint density at radius 3 is 2.47 bits per heavy atom. The molecule has 1 aliphatic heterocycles. The molecule has 32 heavy (non-hydrogen) atoms. The van der Waals surface area contributed by atoms with Crippen LogP contribution >= 0.6 is 0 Å². The second-order valence-corrected chi connectivity index (χ2v) is 7.41. The molecule has 4 rings (SSSR count). The van der Waals surface area contributed by atoms with E-state index in [0.717, 1.165) is 12.1 Å². The highest BCUT2D eigenvalue weighted by atomic mass is 16.6. The first-order valence-corrected chi connectivity index (χ1v) is 10.3. The van der Waals surface area contributed by atoms with Crippen LogP contribution in [0.2, 0.25) is 0 Å². The molecule has 3 aromatic rings. The predicted molar refractivity (Wildman–Crippen MR) is 123 cm³/mol. The van der Waals surface area contributed by atoms with Crippen LogP contribution in [-0.4, -0.2) is 29.8 Å². The molecule has 0 saturated carbocycles. The number of nitro groups is 1. The van der Waals surface area contributed by atoms with E-state index in [1.165, 1.54) is 11.6 Å². The van der Waals surface area contributed by atoms with Crippen molar-refractivity contribution < 1.29 is 14.5 Å². The van der Waals surface area contributed by atoms with Crippen molar-refractivity contribution >= 4 is 34.6 Å². The summed E-state index contributed by atoms with van der Waals surface area (Å²) in [5.41, 5.74) is 3.59. The van der Waals surface area contributed by atoms with Crippen molar-refractivity contribution in [2.75, 3.05) is 28.6 Å². The van der Waals surface area contributed by atoms with Gasteiger partial charge in [-0.2, -0.15) is 0 Å². The highest BCUT2D eigenvalue weighted by Gasteiger charge is 2.25. The Kier molecular flexibility index (Phi) is 6.12. The second-order valence-electron chi connectivity index (χ2n) is 7.41. The van der Waals surface area contributed by atoms with Crippen LogP contribution in [0.5, 0.6) is 0 Å². The average Bonchev–Trinajstić information content (AvgIpc) is 3.23. The number of carbonyl (C=O) groups is 2.